The van der Waals surface area contributed by atoms with Crippen molar-refractivity contribution in [1.82, 2.24) is 0 Å². The second-order valence-corrected chi connectivity index (χ2v) is 5.47. The Hall–Kier alpha value is -3.12. The molecule has 0 aromatic heterocycles. The summed E-state index contributed by atoms with van der Waals surface area (Å²) in [6, 6.07) is 13.9. The van der Waals surface area contributed by atoms with Crippen LogP contribution in [0.4, 0.5) is 11.4 Å². The highest BCUT2D eigenvalue weighted by atomic mass is 35.5. The fourth-order valence-electron chi connectivity index (χ4n) is 2.00. The van der Waals surface area contributed by atoms with Gasteiger partial charge < -0.3 is 15.7 Å². The Morgan fingerprint density at radius 1 is 1.00 bits per heavy atom. The average Bonchev–Trinajstić information content (AvgIpc) is 2.56. The summed E-state index contributed by atoms with van der Waals surface area (Å²) in [6.45, 7) is 0. The Labute approximate surface area is 149 Å². The van der Waals surface area contributed by atoms with Gasteiger partial charge in [-0.2, -0.15) is 0 Å². The van der Waals surface area contributed by atoms with Gasteiger partial charge in [-0.1, -0.05) is 41.9 Å². The number of benzene rings is 2. The minimum absolute atomic E-state index is 0.214. The maximum atomic E-state index is 12.0. The van der Waals surface area contributed by atoms with Crippen LogP contribution in [-0.2, 0) is 20.8 Å². The lowest BCUT2D eigenvalue weighted by Crippen LogP contribution is -2.15. The molecule has 0 aliphatic rings. The third kappa shape index (κ3) is 6.12. The summed E-state index contributed by atoms with van der Waals surface area (Å²) >= 11 is 6.11. The molecule has 2 amide bonds. The summed E-state index contributed by atoms with van der Waals surface area (Å²) in [5.41, 5.74) is 1.68. The van der Waals surface area contributed by atoms with Gasteiger partial charge in [-0.15, -0.1) is 0 Å². The molecule has 0 heterocycles. The van der Waals surface area contributed by atoms with Crippen LogP contribution < -0.4 is 10.6 Å². The summed E-state index contributed by atoms with van der Waals surface area (Å²) < 4.78 is 0. The average molecular weight is 359 g/mol. The van der Waals surface area contributed by atoms with Gasteiger partial charge in [0.2, 0.25) is 11.8 Å². The summed E-state index contributed by atoms with van der Waals surface area (Å²) in [4.78, 5) is 33.9. The number of halogens is 1. The third-order valence-electron chi connectivity index (χ3n) is 3.10. The number of rotatable bonds is 6. The van der Waals surface area contributed by atoms with E-state index < -0.39 is 11.9 Å². The number of carboxylic acids is 1. The lowest BCUT2D eigenvalue weighted by Gasteiger charge is -2.09. The lowest BCUT2D eigenvalue weighted by atomic mass is 10.1. The predicted molar refractivity (Wildman–Crippen MR) is 95.6 cm³/mol. The standard InChI is InChI=1S/C18H15ClN2O4/c19-14-11-13(20-16(22)8-9-18(24)25)6-7-15(14)21-17(23)10-12-4-2-1-3-5-12/h1-9,11H,10H2,(H,20,22)(H,21,23)(H,24,25). The molecular weight excluding hydrogens is 344 g/mol. The molecule has 0 spiro atoms. The van der Waals surface area contributed by atoms with Crippen LogP contribution in [0.1, 0.15) is 5.56 Å². The molecule has 25 heavy (non-hydrogen) atoms. The molecule has 0 bridgehead atoms. The first-order valence-electron chi connectivity index (χ1n) is 7.29. The van der Waals surface area contributed by atoms with E-state index in [0.717, 1.165) is 17.7 Å². The molecule has 0 saturated carbocycles. The second kappa shape index (κ2) is 8.65. The molecule has 128 valence electrons. The van der Waals surface area contributed by atoms with Gasteiger partial charge in [0, 0.05) is 17.8 Å². The zero-order valence-electron chi connectivity index (χ0n) is 13.0. The number of carboxylic acid groups (broad SMARTS) is 1. The van der Waals surface area contributed by atoms with Gasteiger partial charge in [-0.05, 0) is 23.8 Å². The largest absolute Gasteiger partial charge is 0.478 e. The van der Waals surface area contributed by atoms with E-state index in [1.165, 1.54) is 6.07 Å². The normalized spacial score (nSPS) is 10.4. The van der Waals surface area contributed by atoms with Crippen molar-refractivity contribution < 1.29 is 19.5 Å². The summed E-state index contributed by atoms with van der Waals surface area (Å²) in [5, 5.41) is 13.9. The first-order chi connectivity index (χ1) is 11.9. The quantitative estimate of drug-likeness (QED) is 0.691. The lowest BCUT2D eigenvalue weighted by molar-refractivity contribution is -0.131. The Morgan fingerprint density at radius 3 is 2.36 bits per heavy atom. The molecule has 0 aliphatic heterocycles. The van der Waals surface area contributed by atoms with Crippen LogP contribution in [0.15, 0.2) is 60.7 Å². The van der Waals surface area contributed by atoms with E-state index >= 15 is 0 Å². The molecule has 0 saturated heterocycles. The Morgan fingerprint density at radius 2 is 1.72 bits per heavy atom. The molecule has 0 radical (unpaired) electrons. The molecule has 3 N–H and O–H groups in total. The van der Waals surface area contributed by atoms with Crippen molar-refractivity contribution in [2.24, 2.45) is 0 Å². The maximum absolute atomic E-state index is 12.0. The van der Waals surface area contributed by atoms with E-state index in [1.807, 2.05) is 30.3 Å². The highest BCUT2D eigenvalue weighted by molar-refractivity contribution is 6.34. The SMILES string of the molecule is O=C(O)C=CC(=O)Nc1ccc(NC(=O)Cc2ccccc2)c(Cl)c1. The summed E-state index contributed by atoms with van der Waals surface area (Å²) in [7, 11) is 0. The van der Waals surface area contributed by atoms with E-state index in [4.69, 9.17) is 16.7 Å². The van der Waals surface area contributed by atoms with Crippen LogP contribution in [0.5, 0.6) is 0 Å². The number of anilines is 2. The smallest absolute Gasteiger partial charge is 0.328 e. The number of nitrogens with one attached hydrogen (secondary N) is 2. The first-order valence-corrected chi connectivity index (χ1v) is 7.67. The van der Waals surface area contributed by atoms with Gasteiger partial charge in [-0.25, -0.2) is 4.79 Å². The number of hydrogen-bond acceptors (Lipinski definition) is 3. The van der Waals surface area contributed by atoms with Gasteiger partial charge in [0.15, 0.2) is 0 Å². The Balaban J connectivity index is 1.98. The van der Waals surface area contributed by atoms with Crippen LogP contribution in [-0.4, -0.2) is 22.9 Å². The molecule has 2 aromatic rings. The zero-order valence-corrected chi connectivity index (χ0v) is 13.8. The number of carbonyl (C=O) groups excluding carboxylic acids is 2. The minimum atomic E-state index is -1.22. The van der Waals surface area contributed by atoms with Crippen LogP contribution in [0.3, 0.4) is 0 Å². The van der Waals surface area contributed by atoms with Crippen LogP contribution in [0, 0.1) is 0 Å². The molecule has 0 aliphatic carbocycles. The Bertz CT molecular complexity index is 819. The van der Waals surface area contributed by atoms with E-state index in [2.05, 4.69) is 10.6 Å². The molecule has 0 unspecified atom stereocenters. The highest BCUT2D eigenvalue weighted by Gasteiger charge is 2.08. The summed E-state index contributed by atoms with van der Waals surface area (Å²) in [5.74, 6) is -2.03. The van der Waals surface area contributed by atoms with Gasteiger partial charge >= 0.3 is 5.97 Å². The van der Waals surface area contributed by atoms with Gasteiger partial charge in [0.1, 0.15) is 0 Å². The highest BCUT2D eigenvalue weighted by Crippen LogP contribution is 2.25. The van der Waals surface area contributed by atoms with Crippen molar-refractivity contribution in [1.29, 1.82) is 0 Å². The number of carbonyl (C=O) groups is 3. The van der Waals surface area contributed by atoms with Gasteiger partial charge in [0.05, 0.1) is 17.1 Å². The van der Waals surface area contributed by atoms with Crippen LogP contribution >= 0.6 is 11.6 Å². The van der Waals surface area contributed by atoms with Crippen molar-refractivity contribution in [3.05, 3.63) is 71.3 Å². The monoisotopic (exact) mass is 358 g/mol. The topological polar surface area (TPSA) is 95.5 Å². The van der Waals surface area contributed by atoms with Crippen molar-refractivity contribution >= 4 is 40.8 Å². The van der Waals surface area contributed by atoms with E-state index in [-0.39, 0.29) is 17.4 Å². The van der Waals surface area contributed by atoms with E-state index in [9.17, 15) is 14.4 Å². The van der Waals surface area contributed by atoms with Crippen molar-refractivity contribution in [3.8, 4) is 0 Å². The molecule has 2 rings (SSSR count). The first kappa shape index (κ1) is 18.2. The van der Waals surface area contributed by atoms with Gasteiger partial charge in [-0.3, -0.25) is 9.59 Å². The van der Waals surface area contributed by atoms with E-state index in [0.29, 0.717) is 11.4 Å². The van der Waals surface area contributed by atoms with E-state index in [1.54, 1.807) is 12.1 Å². The predicted octanol–water partition coefficient (Wildman–Crippen LogP) is 3.10. The number of aliphatic carboxylic acids is 1. The second-order valence-electron chi connectivity index (χ2n) is 5.07. The van der Waals surface area contributed by atoms with Crippen LogP contribution in [0.25, 0.3) is 0 Å². The zero-order chi connectivity index (χ0) is 18.2. The Kier molecular flexibility index (Phi) is 6.31. The number of amides is 2. The molecule has 0 atom stereocenters. The molecule has 6 nitrogen and oxygen atoms in total. The van der Waals surface area contributed by atoms with Gasteiger partial charge in [0.25, 0.3) is 0 Å². The minimum Gasteiger partial charge on any atom is -0.478 e. The summed E-state index contributed by atoms with van der Waals surface area (Å²) in [6.07, 6.45) is 1.84. The molecular formula is C18H15ClN2O4. The maximum Gasteiger partial charge on any atom is 0.328 e. The fourth-order valence-corrected chi connectivity index (χ4v) is 2.23. The third-order valence-corrected chi connectivity index (χ3v) is 3.41. The molecule has 0 fully saturated rings. The molecule has 2 aromatic carbocycles. The fraction of sp³-hybridized carbons (Fsp3) is 0.0556. The van der Waals surface area contributed by atoms with Crippen LogP contribution in [0.2, 0.25) is 5.02 Å². The number of hydrogen-bond donors (Lipinski definition) is 3. The van der Waals surface area contributed by atoms with Crippen molar-refractivity contribution in [2.75, 3.05) is 10.6 Å². The van der Waals surface area contributed by atoms with Crippen molar-refractivity contribution in [3.63, 3.8) is 0 Å². The van der Waals surface area contributed by atoms with Crippen molar-refractivity contribution in [2.45, 2.75) is 6.42 Å². The molecule has 7 heteroatoms.